The van der Waals surface area contributed by atoms with Crippen molar-refractivity contribution in [1.29, 1.82) is 0 Å². The minimum Gasteiger partial charge on any atom is -0.507 e. The molecule has 15 heteroatoms. The van der Waals surface area contributed by atoms with Crippen LogP contribution in [-0.2, 0) is 14.2 Å². The van der Waals surface area contributed by atoms with E-state index in [2.05, 4.69) is 0 Å². The van der Waals surface area contributed by atoms with Crippen molar-refractivity contribution in [1.82, 2.24) is 0 Å². The smallest absolute Gasteiger partial charge is 0.229 e. The van der Waals surface area contributed by atoms with Crippen molar-refractivity contribution in [3.05, 3.63) is 46.6 Å². The van der Waals surface area contributed by atoms with Gasteiger partial charge >= 0.3 is 0 Å². The molecule has 2 aromatic carbocycles. The van der Waals surface area contributed by atoms with Crippen LogP contribution in [0.3, 0.4) is 0 Å². The molecule has 0 radical (unpaired) electrons. The number of aliphatic hydroxyl groups is 6. The summed E-state index contributed by atoms with van der Waals surface area (Å²) in [5.74, 6) is -1.60. The van der Waals surface area contributed by atoms with Crippen molar-refractivity contribution in [2.45, 2.75) is 68.3 Å². The molecule has 0 aliphatic carbocycles. The highest BCUT2D eigenvalue weighted by atomic mass is 16.8. The van der Waals surface area contributed by atoms with E-state index < -0.39 is 84.9 Å². The molecule has 228 valence electrons. The number of hydrogen-bond acceptors (Lipinski definition) is 15. The minimum atomic E-state index is -1.78. The predicted molar refractivity (Wildman–Crippen MR) is 139 cm³/mol. The summed E-state index contributed by atoms with van der Waals surface area (Å²) < 4.78 is 28.3. The van der Waals surface area contributed by atoms with Crippen LogP contribution in [0.4, 0.5) is 0 Å². The van der Waals surface area contributed by atoms with E-state index in [1.807, 2.05) is 0 Å². The van der Waals surface area contributed by atoms with E-state index >= 15 is 0 Å². The van der Waals surface area contributed by atoms with Gasteiger partial charge in [0.2, 0.25) is 6.29 Å². The maximum atomic E-state index is 12.8. The molecule has 42 heavy (non-hydrogen) atoms. The lowest BCUT2D eigenvalue weighted by molar-refractivity contribution is -0.354. The van der Waals surface area contributed by atoms with Gasteiger partial charge in [-0.25, -0.2) is 0 Å². The second-order valence-electron chi connectivity index (χ2n) is 10.1. The van der Waals surface area contributed by atoms with Crippen molar-refractivity contribution in [2.75, 3.05) is 6.61 Å². The number of ether oxygens (including phenoxy) is 4. The van der Waals surface area contributed by atoms with E-state index in [9.17, 15) is 50.8 Å². The Labute approximate surface area is 236 Å². The summed E-state index contributed by atoms with van der Waals surface area (Å²) in [6.45, 7) is 0.671. The van der Waals surface area contributed by atoms with Crippen LogP contribution in [0.15, 0.2) is 45.6 Å². The van der Waals surface area contributed by atoms with E-state index in [1.54, 1.807) is 0 Å². The van der Waals surface area contributed by atoms with Crippen molar-refractivity contribution in [2.24, 2.45) is 0 Å². The van der Waals surface area contributed by atoms with Crippen LogP contribution in [-0.4, -0.2) is 114 Å². The zero-order chi connectivity index (χ0) is 30.5. The Hall–Kier alpha value is -3.51. The topological polar surface area (TPSA) is 249 Å². The number of phenolic OH excluding ortho intramolecular Hbond substituents is 3. The molecular formula is C27H30O15. The third-order valence-electron chi connectivity index (χ3n) is 7.22. The first-order chi connectivity index (χ1) is 19.9. The fourth-order valence-electron chi connectivity index (χ4n) is 4.84. The summed E-state index contributed by atoms with van der Waals surface area (Å²) >= 11 is 0. The average Bonchev–Trinajstić information content (AvgIpc) is 2.95. The van der Waals surface area contributed by atoms with Crippen LogP contribution in [0.2, 0.25) is 0 Å². The molecule has 5 rings (SSSR count). The third-order valence-corrected chi connectivity index (χ3v) is 7.22. The summed E-state index contributed by atoms with van der Waals surface area (Å²) in [4.78, 5) is 12.8. The number of rotatable bonds is 6. The molecule has 2 fully saturated rings. The van der Waals surface area contributed by atoms with Crippen LogP contribution in [0.25, 0.3) is 22.3 Å². The number of benzene rings is 2. The molecule has 1 aromatic heterocycles. The first kappa shape index (κ1) is 30.0. The molecule has 0 amide bonds. The summed E-state index contributed by atoms with van der Waals surface area (Å²) in [5, 5.41) is 91.2. The van der Waals surface area contributed by atoms with Gasteiger partial charge < -0.3 is 69.3 Å². The SMILES string of the molecule is C[C@@H]1O[C@@H](O[C@@H]2[C@@H](Oc3cc(O)c4c(=O)cc(-c5ccc(O)c(O)c5)oc4c3)O[C@@H](CO)[C@H](O)[C@H]2O)[C@@H](O)[C@@H](O)[C@H]1O. The number of fused-ring (bicyclic) bond motifs is 1. The molecule has 0 bridgehead atoms. The highest BCUT2D eigenvalue weighted by molar-refractivity contribution is 5.86. The van der Waals surface area contributed by atoms with Gasteiger partial charge in [-0.3, -0.25) is 4.79 Å². The van der Waals surface area contributed by atoms with Gasteiger partial charge in [-0.05, 0) is 25.1 Å². The van der Waals surface area contributed by atoms with Crippen molar-refractivity contribution in [3.63, 3.8) is 0 Å². The lowest BCUT2D eigenvalue weighted by Gasteiger charge is -2.45. The predicted octanol–water partition coefficient (Wildman–Crippen LogP) is -1.39. The Morgan fingerprint density at radius 2 is 1.52 bits per heavy atom. The zero-order valence-corrected chi connectivity index (χ0v) is 21.9. The van der Waals surface area contributed by atoms with Gasteiger partial charge in [0.1, 0.15) is 64.9 Å². The van der Waals surface area contributed by atoms with Gasteiger partial charge in [-0.15, -0.1) is 0 Å². The summed E-state index contributed by atoms with van der Waals surface area (Å²) in [6.07, 6.45) is -15.5. The first-order valence-electron chi connectivity index (χ1n) is 12.9. The fourth-order valence-corrected chi connectivity index (χ4v) is 4.84. The van der Waals surface area contributed by atoms with E-state index in [0.717, 1.165) is 18.2 Å². The second kappa shape index (κ2) is 11.6. The number of aromatic hydroxyl groups is 3. The molecule has 10 atom stereocenters. The van der Waals surface area contributed by atoms with E-state index in [1.165, 1.54) is 25.1 Å². The van der Waals surface area contributed by atoms with Crippen molar-refractivity contribution >= 4 is 11.0 Å². The largest absolute Gasteiger partial charge is 0.507 e. The second-order valence-corrected chi connectivity index (χ2v) is 10.1. The Morgan fingerprint density at radius 3 is 2.21 bits per heavy atom. The lowest BCUT2D eigenvalue weighted by Crippen LogP contribution is -2.64. The van der Waals surface area contributed by atoms with E-state index in [0.29, 0.717) is 0 Å². The Bertz CT molecular complexity index is 1490. The quantitative estimate of drug-likeness (QED) is 0.149. The monoisotopic (exact) mass is 594 g/mol. The van der Waals surface area contributed by atoms with Gasteiger partial charge in [0, 0.05) is 23.8 Å². The molecule has 3 aromatic rings. The molecule has 2 aliphatic rings. The Kier molecular flexibility index (Phi) is 8.30. The molecule has 3 heterocycles. The summed E-state index contributed by atoms with van der Waals surface area (Å²) in [6, 6.07) is 7.08. The minimum absolute atomic E-state index is 0.0216. The van der Waals surface area contributed by atoms with Gasteiger partial charge in [0.05, 0.1) is 12.7 Å². The Morgan fingerprint density at radius 1 is 0.786 bits per heavy atom. The van der Waals surface area contributed by atoms with Crippen LogP contribution in [0, 0.1) is 0 Å². The van der Waals surface area contributed by atoms with E-state index in [-0.39, 0.29) is 33.8 Å². The molecule has 0 saturated carbocycles. The van der Waals surface area contributed by atoms with Crippen molar-refractivity contribution < 1.29 is 69.3 Å². The van der Waals surface area contributed by atoms with Gasteiger partial charge in [0.25, 0.3) is 0 Å². The molecule has 0 spiro atoms. The molecule has 9 N–H and O–H groups in total. The van der Waals surface area contributed by atoms with E-state index in [4.69, 9.17) is 23.4 Å². The zero-order valence-electron chi connectivity index (χ0n) is 21.9. The summed E-state index contributed by atoms with van der Waals surface area (Å²) in [5.41, 5.74) is -0.575. The first-order valence-corrected chi connectivity index (χ1v) is 12.9. The van der Waals surface area contributed by atoms with Gasteiger partial charge in [-0.1, -0.05) is 0 Å². The maximum absolute atomic E-state index is 12.8. The lowest BCUT2D eigenvalue weighted by atomic mass is 9.97. The molecule has 15 nitrogen and oxygen atoms in total. The molecule has 2 saturated heterocycles. The van der Waals surface area contributed by atoms with Crippen LogP contribution >= 0.6 is 0 Å². The average molecular weight is 595 g/mol. The molecule has 0 unspecified atom stereocenters. The van der Waals surface area contributed by atoms with Gasteiger partial charge in [0.15, 0.2) is 29.3 Å². The van der Waals surface area contributed by atoms with Crippen LogP contribution < -0.4 is 10.2 Å². The third kappa shape index (κ3) is 5.49. The van der Waals surface area contributed by atoms with Crippen LogP contribution in [0.1, 0.15) is 6.92 Å². The maximum Gasteiger partial charge on any atom is 0.229 e. The normalized spacial score (nSPS) is 33.5. The standard InChI is InChI=1S/C27H30O15/c1-9-20(33)22(35)24(37)26(38-9)42-25-23(36)21(34)18(8-28)41-27(25)39-11-5-14(31)19-15(32)7-16(40-17(19)6-11)10-2-3-12(29)13(30)4-10/h2-7,9,18,20-31,33-37H,8H2,1H3/t9-,18-,20-,21-,22-,23+,24-,25-,26-,27-/m0/s1. The highest BCUT2D eigenvalue weighted by Gasteiger charge is 2.50. The number of aliphatic hydroxyl groups excluding tert-OH is 6. The summed E-state index contributed by atoms with van der Waals surface area (Å²) in [7, 11) is 0. The molecule has 2 aliphatic heterocycles. The number of hydrogen-bond donors (Lipinski definition) is 9. The van der Waals surface area contributed by atoms with Crippen LogP contribution in [0.5, 0.6) is 23.0 Å². The highest BCUT2D eigenvalue weighted by Crippen LogP contribution is 2.36. The molecular weight excluding hydrogens is 564 g/mol. The number of phenols is 3. The van der Waals surface area contributed by atoms with Gasteiger partial charge in [-0.2, -0.15) is 0 Å². The fraction of sp³-hybridized carbons (Fsp3) is 0.444. The Balaban J connectivity index is 1.48. The van der Waals surface area contributed by atoms with Crippen molar-refractivity contribution in [3.8, 4) is 34.3 Å².